The van der Waals surface area contributed by atoms with Crippen molar-refractivity contribution in [2.45, 2.75) is 57.2 Å². The summed E-state index contributed by atoms with van der Waals surface area (Å²) >= 11 is 0. The van der Waals surface area contributed by atoms with Gasteiger partial charge in [0.05, 0.1) is 0 Å². The summed E-state index contributed by atoms with van der Waals surface area (Å²) < 4.78 is 0. The topological polar surface area (TPSA) is 35.6 Å². The second-order valence-electron chi connectivity index (χ2n) is 10.8. The number of benzene rings is 3. The van der Waals surface area contributed by atoms with Crippen LogP contribution in [0.2, 0.25) is 0 Å². The van der Waals surface area contributed by atoms with E-state index in [9.17, 15) is 4.79 Å². The predicted molar refractivity (Wildman–Crippen MR) is 146 cm³/mol. The molecule has 4 nitrogen and oxygen atoms in total. The standard InChI is InChI=1S/C32H37N3O/c1-2-18-33-31(36)32(29-15-7-5-13-27(29)28-14-6-8-16-30(28)32)17-9-10-19-34-22-26(23-34)35-20-24-11-3-4-12-25(24)21-35/h3-8,11-16,26H,2,9-10,17-23H2,1H3,(H,33,36). The Morgan fingerprint density at radius 2 is 1.44 bits per heavy atom. The van der Waals surface area contributed by atoms with Crippen molar-refractivity contribution in [1.29, 1.82) is 0 Å². The minimum atomic E-state index is -0.582. The Hall–Kier alpha value is -2.95. The highest BCUT2D eigenvalue weighted by Gasteiger charge is 2.48. The Kier molecular flexibility index (Phi) is 6.41. The summed E-state index contributed by atoms with van der Waals surface area (Å²) in [5, 5.41) is 3.26. The van der Waals surface area contributed by atoms with E-state index in [1.807, 2.05) is 0 Å². The van der Waals surface area contributed by atoms with Crippen molar-refractivity contribution in [3.05, 3.63) is 95.1 Å². The third kappa shape index (κ3) is 3.97. The number of hydrogen-bond acceptors (Lipinski definition) is 3. The monoisotopic (exact) mass is 479 g/mol. The van der Waals surface area contributed by atoms with Crippen LogP contribution in [0.25, 0.3) is 11.1 Å². The van der Waals surface area contributed by atoms with Crippen molar-refractivity contribution in [2.24, 2.45) is 0 Å². The fourth-order valence-electron chi connectivity index (χ4n) is 6.64. The summed E-state index contributed by atoms with van der Waals surface area (Å²) in [5.74, 6) is 0.166. The van der Waals surface area contributed by atoms with E-state index >= 15 is 0 Å². The zero-order valence-corrected chi connectivity index (χ0v) is 21.4. The molecule has 3 aromatic carbocycles. The highest BCUT2D eigenvalue weighted by molar-refractivity contribution is 6.00. The molecule has 3 aliphatic rings. The van der Waals surface area contributed by atoms with E-state index in [0.29, 0.717) is 6.04 Å². The molecule has 0 bridgehead atoms. The highest BCUT2D eigenvalue weighted by atomic mass is 16.2. The van der Waals surface area contributed by atoms with Crippen LogP contribution in [0.3, 0.4) is 0 Å². The van der Waals surface area contributed by atoms with Gasteiger partial charge in [-0.1, -0.05) is 86.1 Å². The van der Waals surface area contributed by atoms with Crippen LogP contribution >= 0.6 is 0 Å². The van der Waals surface area contributed by atoms with E-state index < -0.39 is 5.41 Å². The van der Waals surface area contributed by atoms with Crippen LogP contribution in [0.1, 0.15) is 54.9 Å². The van der Waals surface area contributed by atoms with Crippen molar-refractivity contribution in [1.82, 2.24) is 15.1 Å². The maximum atomic E-state index is 13.8. The van der Waals surface area contributed by atoms with Gasteiger partial charge in [0.25, 0.3) is 0 Å². The highest BCUT2D eigenvalue weighted by Crippen LogP contribution is 2.51. The Morgan fingerprint density at radius 1 is 0.861 bits per heavy atom. The first-order valence-corrected chi connectivity index (χ1v) is 13.7. The van der Waals surface area contributed by atoms with E-state index in [4.69, 9.17) is 0 Å². The molecule has 1 N–H and O–H groups in total. The number of likely N-dealkylation sites (tertiary alicyclic amines) is 1. The van der Waals surface area contributed by atoms with Crippen molar-refractivity contribution in [3.8, 4) is 11.1 Å². The van der Waals surface area contributed by atoms with Gasteiger partial charge in [-0.3, -0.25) is 9.69 Å². The lowest BCUT2D eigenvalue weighted by atomic mass is 9.73. The van der Waals surface area contributed by atoms with Crippen LogP contribution in [0.15, 0.2) is 72.8 Å². The van der Waals surface area contributed by atoms with E-state index in [-0.39, 0.29) is 5.91 Å². The fourth-order valence-corrected chi connectivity index (χ4v) is 6.64. The van der Waals surface area contributed by atoms with E-state index in [0.717, 1.165) is 51.9 Å². The average molecular weight is 480 g/mol. The molecule has 1 saturated heterocycles. The number of carbonyl (C=O) groups excluding carboxylic acids is 1. The van der Waals surface area contributed by atoms with Gasteiger partial charge in [0.2, 0.25) is 5.91 Å². The summed E-state index contributed by atoms with van der Waals surface area (Å²) in [6, 6.07) is 26.6. The molecule has 0 atom stereocenters. The largest absolute Gasteiger partial charge is 0.355 e. The number of rotatable bonds is 9. The Morgan fingerprint density at radius 3 is 2.06 bits per heavy atom. The van der Waals surface area contributed by atoms with Gasteiger partial charge in [-0.25, -0.2) is 0 Å². The number of amides is 1. The minimum Gasteiger partial charge on any atom is -0.355 e. The Labute approximate surface area is 215 Å². The molecular formula is C32H37N3O. The molecule has 0 saturated carbocycles. The smallest absolute Gasteiger partial charge is 0.235 e. The number of carbonyl (C=O) groups is 1. The van der Waals surface area contributed by atoms with Crippen LogP contribution < -0.4 is 5.32 Å². The van der Waals surface area contributed by atoms with Gasteiger partial charge in [-0.05, 0) is 59.2 Å². The number of unbranched alkanes of at least 4 members (excludes halogenated alkanes) is 1. The molecule has 6 rings (SSSR count). The van der Waals surface area contributed by atoms with E-state index in [2.05, 4.69) is 94.8 Å². The normalized spacial score (nSPS) is 18.4. The lowest BCUT2D eigenvalue weighted by Crippen LogP contribution is -2.58. The Bertz CT molecular complexity index is 1170. The molecule has 2 aliphatic heterocycles. The molecule has 1 fully saturated rings. The summed E-state index contributed by atoms with van der Waals surface area (Å²) in [6.45, 7) is 8.49. The van der Waals surface area contributed by atoms with Crippen molar-refractivity contribution >= 4 is 5.91 Å². The molecule has 0 spiro atoms. The average Bonchev–Trinajstić information content (AvgIpc) is 3.44. The summed E-state index contributed by atoms with van der Waals surface area (Å²) in [7, 11) is 0. The van der Waals surface area contributed by atoms with Gasteiger partial charge in [0.15, 0.2) is 0 Å². The SMILES string of the molecule is CCCNC(=O)C1(CCCCN2CC(N3Cc4ccccc4C3)C2)c2ccccc2-c2ccccc21. The third-order valence-corrected chi connectivity index (χ3v) is 8.58. The van der Waals surface area contributed by atoms with Gasteiger partial charge >= 0.3 is 0 Å². The third-order valence-electron chi connectivity index (χ3n) is 8.58. The second kappa shape index (κ2) is 9.84. The lowest BCUT2D eigenvalue weighted by molar-refractivity contribution is -0.125. The maximum Gasteiger partial charge on any atom is 0.235 e. The van der Waals surface area contributed by atoms with Crippen molar-refractivity contribution in [3.63, 3.8) is 0 Å². The van der Waals surface area contributed by atoms with E-state index in [1.54, 1.807) is 0 Å². The fraction of sp³-hybridized carbons (Fsp3) is 0.406. The van der Waals surface area contributed by atoms with Gasteiger partial charge in [0.1, 0.15) is 5.41 Å². The number of nitrogens with one attached hydrogen (secondary N) is 1. The summed E-state index contributed by atoms with van der Waals surface area (Å²) in [4.78, 5) is 19.0. The van der Waals surface area contributed by atoms with Gasteiger partial charge in [-0.2, -0.15) is 0 Å². The number of hydrogen-bond donors (Lipinski definition) is 1. The van der Waals surface area contributed by atoms with E-state index in [1.165, 1.54) is 46.5 Å². The zero-order valence-electron chi connectivity index (χ0n) is 21.4. The number of fused-ring (bicyclic) bond motifs is 4. The van der Waals surface area contributed by atoms with Gasteiger partial charge in [0, 0.05) is 38.8 Å². The quantitative estimate of drug-likeness (QED) is 0.420. The second-order valence-corrected chi connectivity index (χ2v) is 10.8. The van der Waals surface area contributed by atoms with Gasteiger partial charge in [-0.15, -0.1) is 0 Å². The molecule has 3 aromatic rings. The predicted octanol–water partition coefficient (Wildman–Crippen LogP) is 5.35. The molecule has 0 unspecified atom stereocenters. The van der Waals surface area contributed by atoms with Crippen LogP contribution in [0, 0.1) is 0 Å². The van der Waals surface area contributed by atoms with Crippen LogP contribution in [-0.4, -0.2) is 47.9 Å². The first kappa shape index (κ1) is 23.4. The first-order valence-electron chi connectivity index (χ1n) is 13.7. The lowest BCUT2D eigenvalue weighted by Gasteiger charge is -2.44. The minimum absolute atomic E-state index is 0.166. The number of nitrogens with zero attached hydrogens (tertiary/aromatic N) is 2. The molecular weight excluding hydrogens is 442 g/mol. The van der Waals surface area contributed by atoms with Crippen molar-refractivity contribution < 1.29 is 4.79 Å². The van der Waals surface area contributed by atoms with Crippen LogP contribution in [0.5, 0.6) is 0 Å². The molecule has 186 valence electrons. The molecule has 0 radical (unpaired) electrons. The molecule has 36 heavy (non-hydrogen) atoms. The zero-order chi connectivity index (χ0) is 24.5. The van der Waals surface area contributed by atoms with Gasteiger partial charge < -0.3 is 10.2 Å². The van der Waals surface area contributed by atoms with Crippen LogP contribution in [0.4, 0.5) is 0 Å². The molecule has 1 amide bonds. The van der Waals surface area contributed by atoms with Crippen molar-refractivity contribution in [2.75, 3.05) is 26.2 Å². The molecule has 4 heteroatoms. The summed E-state index contributed by atoms with van der Waals surface area (Å²) in [5.41, 5.74) is 7.21. The Balaban J connectivity index is 1.10. The maximum absolute atomic E-state index is 13.8. The molecule has 0 aromatic heterocycles. The molecule has 2 heterocycles. The molecule has 1 aliphatic carbocycles. The summed E-state index contributed by atoms with van der Waals surface area (Å²) in [6.07, 6.45) is 3.97. The van der Waals surface area contributed by atoms with Crippen LogP contribution in [-0.2, 0) is 23.3 Å². The first-order chi connectivity index (χ1) is 17.7.